The van der Waals surface area contributed by atoms with Crippen LogP contribution in [0.2, 0.25) is 0 Å². The van der Waals surface area contributed by atoms with Crippen LogP contribution in [0.1, 0.15) is 22.9 Å². The van der Waals surface area contributed by atoms with E-state index in [1.807, 2.05) is 35.6 Å². The van der Waals surface area contributed by atoms with Crippen LogP contribution in [-0.4, -0.2) is 16.2 Å². The number of fused-ring (bicyclic) bond motifs is 9. The summed E-state index contributed by atoms with van der Waals surface area (Å²) in [6.45, 7) is 0. The molecule has 0 spiro atoms. The average molecular weight is 749 g/mol. The Hall–Kier alpha value is -7.28. The fraction of sp³-hybridized carbons (Fsp3) is 0.0196. The Morgan fingerprint density at radius 1 is 0.526 bits per heavy atom. The lowest BCUT2D eigenvalue weighted by Gasteiger charge is -2.23. The van der Waals surface area contributed by atoms with Gasteiger partial charge in [-0.3, -0.25) is 0 Å². The van der Waals surface area contributed by atoms with Crippen molar-refractivity contribution >= 4 is 86.9 Å². The number of hydrogen-bond acceptors (Lipinski definition) is 5. The van der Waals surface area contributed by atoms with Crippen molar-refractivity contribution in [3.05, 3.63) is 199 Å². The fourth-order valence-corrected chi connectivity index (χ4v) is 9.88. The van der Waals surface area contributed by atoms with Gasteiger partial charge in [0.15, 0.2) is 5.84 Å². The number of benzene rings is 8. The van der Waals surface area contributed by atoms with Gasteiger partial charge in [0, 0.05) is 69.7 Å². The van der Waals surface area contributed by atoms with Crippen LogP contribution in [0.5, 0.6) is 0 Å². The minimum Gasteiger partial charge on any atom is -0.455 e. The first kappa shape index (κ1) is 32.0. The summed E-state index contributed by atoms with van der Waals surface area (Å²) in [6, 6.07) is 64.3. The maximum Gasteiger partial charge on any atom is 0.159 e. The van der Waals surface area contributed by atoms with Crippen LogP contribution in [0.3, 0.4) is 0 Å². The molecule has 12 rings (SSSR count). The van der Waals surface area contributed by atoms with Crippen LogP contribution in [0.4, 0.5) is 0 Å². The zero-order valence-corrected chi connectivity index (χ0v) is 31.4. The highest BCUT2D eigenvalue weighted by Crippen LogP contribution is 2.44. The van der Waals surface area contributed by atoms with Crippen LogP contribution in [0.15, 0.2) is 196 Å². The van der Waals surface area contributed by atoms with E-state index in [2.05, 4.69) is 168 Å². The van der Waals surface area contributed by atoms with Gasteiger partial charge < -0.3 is 14.3 Å². The Labute approximate surface area is 331 Å². The van der Waals surface area contributed by atoms with Gasteiger partial charge in [-0.25, -0.2) is 9.98 Å². The highest BCUT2D eigenvalue weighted by Gasteiger charge is 2.22. The van der Waals surface area contributed by atoms with Crippen molar-refractivity contribution in [2.45, 2.75) is 6.17 Å². The van der Waals surface area contributed by atoms with Gasteiger partial charge in [-0.1, -0.05) is 146 Å². The van der Waals surface area contributed by atoms with E-state index in [4.69, 9.17) is 14.4 Å². The molecular weight excluding hydrogens is 717 g/mol. The van der Waals surface area contributed by atoms with Gasteiger partial charge in [0.25, 0.3) is 0 Å². The Balaban J connectivity index is 0.983. The molecule has 1 aliphatic heterocycles. The number of aliphatic imine (C=N–C) groups is 2. The van der Waals surface area contributed by atoms with Crippen molar-refractivity contribution in [1.29, 1.82) is 0 Å². The Kier molecular flexibility index (Phi) is 7.09. The SMILES string of the molecule is c1ccc(C2=NC(c3ccc4c(c3)sc3c(-c5cccc6c5oc5ccc(-n7c8ccccc8c8ccccc87)cc56)cccc34)=NC(c3ccccc3)N2)cc1. The largest absolute Gasteiger partial charge is 0.455 e. The van der Waals surface area contributed by atoms with Crippen molar-refractivity contribution < 1.29 is 4.42 Å². The van der Waals surface area contributed by atoms with Crippen molar-refractivity contribution in [3.63, 3.8) is 0 Å². The second-order valence-electron chi connectivity index (χ2n) is 14.6. The summed E-state index contributed by atoms with van der Waals surface area (Å²) in [6.07, 6.45) is -0.249. The molecule has 57 heavy (non-hydrogen) atoms. The van der Waals surface area contributed by atoms with Crippen molar-refractivity contribution in [2.24, 2.45) is 9.98 Å². The third-order valence-electron chi connectivity index (χ3n) is 11.3. The molecule has 0 radical (unpaired) electrons. The van der Waals surface area contributed by atoms with E-state index >= 15 is 0 Å². The third-order valence-corrected chi connectivity index (χ3v) is 12.5. The molecule has 1 aliphatic rings. The zero-order chi connectivity index (χ0) is 37.5. The van der Waals surface area contributed by atoms with Crippen molar-refractivity contribution in [3.8, 4) is 16.8 Å². The van der Waals surface area contributed by atoms with E-state index < -0.39 is 0 Å². The molecule has 1 N–H and O–H groups in total. The third kappa shape index (κ3) is 5.08. The molecule has 8 aromatic carbocycles. The van der Waals surface area contributed by atoms with Gasteiger partial charge in [0.1, 0.15) is 23.2 Å². The maximum atomic E-state index is 6.76. The van der Waals surface area contributed by atoms with E-state index in [9.17, 15) is 0 Å². The van der Waals surface area contributed by atoms with Crippen LogP contribution in [0.25, 0.3) is 80.7 Å². The Bertz CT molecular complexity index is 3390. The molecule has 1 atom stereocenters. The van der Waals surface area contributed by atoms with Gasteiger partial charge in [-0.05, 0) is 42.0 Å². The zero-order valence-electron chi connectivity index (χ0n) is 30.6. The smallest absolute Gasteiger partial charge is 0.159 e. The first-order valence-electron chi connectivity index (χ1n) is 19.2. The second-order valence-corrected chi connectivity index (χ2v) is 15.6. The predicted octanol–water partition coefficient (Wildman–Crippen LogP) is 13.2. The number of nitrogens with one attached hydrogen (secondary N) is 1. The number of nitrogens with zero attached hydrogens (tertiary/aromatic N) is 3. The summed E-state index contributed by atoms with van der Waals surface area (Å²) in [7, 11) is 0. The number of rotatable bonds is 5. The standard InChI is InChI=1S/C51H32N4OS/c1-3-13-31(14-4-1)49-52-50(32-15-5-2-6-16-32)54-51(53-49)33-25-27-37-40-21-12-22-41(48(40)57-46(37)29-33)38-19-11-20-39-42-30-34(26-28-45(42)56-47(38)39)55-43-23-9-7-17-35(43)36-18-8-10-24-44(36)55/h1-30,49H,(H,52,53,54). The summed E-state index contributed by atoms with van der Waals surface area (Å²) in [4.78, 5) is 10.2. The Morgan fingerprint density at radius 2 is 1.21 bits per heavy atom. The molecule has 3 aromatic heterocycles. The van der Waals surface area contributed by atoms with Gasteiger partial charge in [0.2, 0.25) is 0 Å². The van der Waals surface area contributed by atoms with Gasteiger partial charge in [0.05, 0.1) is 11.0 Å². The summed E-state index contributed by atoms with van der Waals surface area (Å²) in [5, 5.41) is 10.7. The van der Waals surface area contributed by atoms with Crippen LogP contribution in [-0.2, 0) is 0 Å². The van der Waals surface area contributed by atoms with Gasteiger partial charge in [-0.2, -0.15) is 0 Å². The number of para-hydroxylation sites is 3. The van der Waals surface area contributed by atoms with Crippen LogP contribution < -0.4 is 5.32 Å². The van der Waals surface area contributed by atoms with Crippen LogP contribution in [0, 0.1) is 0 Å². The lowest BCUT2D eigenvalue weighted by molar-refractivity contribution is 0.670. The second kappa shape index (κ2) is 12.6. The quantitative estimate of drug-likeness (QED) is 0.191. The fourth-order valence-electron chi connectivity index (χ4n) is 8.62. The highest BCUT2D eigenvalue weighted by atomic mass is 32.1. The van der Waals surface area contributed by atoms with Crippen molar-refractivity contribution in [1.82, 2.24) is 9.88 Å². The molecule has 0 saturated carbocycles. The number of thiophene rings is 1. The number of furan rings is 1. The van der Waals surface area contributed by atoms with E-state index in [0.29, 0.717) is 5.84 Å². The van der Waals surface area contributed by atoms with E-state index in [0.717, 1.165) is 61.3 Å². The molecule has 11 aromatic rings. The average Bonchev–Trinajstić information content (AvgIpc) is 3.96. The minimum atomic E-state index is -0.249. The molecule has 0 fully saturated rings. The molecule has 4 heterocycles. The lowest BCUT2D eigenvalue weighted by Crippen LogP contribution is -2.33. The molecule has 0 saturated heterocycles. The lowest BCUT2D eigenvalue weighted by atomic mass is 10.00. The molecule has 0 amide bonds. The van der Waals surface area contributed by atoms with E-state index in [-0.39, 0.29) is 6.17 Å². The highest BCUT2D eigenvalue weighted by molar-refractivity contribution is 7.26. The number of hydrogen-bond donors (Lipinski definition) is 1. The molecule has 5 nitrogen and oxygen atoms in total. The molecule has 0 bridgehead atoms. The van der Waals surface area contributed by atoms with E-state index in [1.54, 1.807) is 0 Å². The van der Waals surface area contributed by atoms with E-state index in [1.165, 1.54) is 42.0 Å². The van der Waals surface area contributed by atoms with Gasteiger partial charge >= 0.3 is 0 Å². The normalized spacial score (nSPS) is 14.5. The number of amidine groups is 2. The first-order chi connectivity index (χ1) is 28.2. The molecule has 1 unspecified atom stereocenters. The Morgan fingerprint density at radius 3 is 2.00 bits per heavy atom. The monoisotopic (exact) mass is 748 g/mol. The maximum absolute atomic E-state index is 6.76. The topological polar surface area (TPSA) is 54.8 Å². The molecular formula is C51H32N4OS. The summed E-state index contributed by atoms with van der Waals surface area (Å²) in [5.41, 5.74) is 10.6. The molecule has 6 heteroatoms. The minimum absolute atomic E-state index is 0.249. The first-order valence-corrected chi connectivity index (χ1v) is 20.0. The van der Waals surface area contributed by atoms with Crippen molar-refractivity contribution in [2.75, 3.05) is 0 Å². The van der Waals surface area contributed by atoms with Crippen LogP contribution >= 0.6 is 11.3 Å². The van der Waals surface area contributed by atoms with Gasteiger partial charge in [-0.15, -0.1) is 11.3 Å². The molecule has 268 valence electrons. The summed E-state index contributed by atoms with van der Waals surface area (Å²) >= 11 is 1.81. The summed E-state index contributed by atoms with van der Waals surface area (Å²) < 4.78 is 11.5. The molecule has 0 aliphatic carbocycles. The predicted molar refractivity (Wildman–Crippen MR) is 238 cm³/mol. The number of aromatic nitrogens is 1. The summed E-state index contributed by atoms with van der Waals surface area (Å²) in [5.74, 6) is 1.53.